The van der Waals surface area contributed by atoms with Crippen LogP contribution < -0.4 is 10.1 Å². The zero-order chi connectivity index (χ0) is 13.9. The van der Waals surface area contributed by atoms with E-state index in [0.717, 1.165) is 31.5 Å². The predicted octanol–water partition coefficient (Wildman–Crippen LogP) is 2.92. The van der Waals surface area contributed by atoms with E-state index in [1.807, 2.05) is 0 Å². The van der Waals surface area contributed by atoms with Gasteiger partial charge < -0.3 is 10.1 Å². The van der Waals surface area contributed by atoms with Gasteiger partial charge >= 0.3 is 6.36 Å². The van der Waals surface area contributed by atoms with Gasteiger partial charge in [0, 0.05) is 0 Å². The molecule has 1 aliphatic heterocycles. The van der Waals surface area contributed by atoms with E-state index in [0.29, 0.717) is 0 Å². The molecule has 1 saturated heterocycles. The molecular formula is C13H13F3N2O. The zero-order valence-electron chi connectivity index (χ0n) is 10.1. The molecule has 0 aromatic heterocycles. The minimum Gasteiger partial charge on any atom is -0.404 e. The molecule has 1 aromatic carbocycles. The second-order valence-electron chi connectivity index (χ2n) is 4.44. The second kappa shape index (κ2) is 5.49. The van der Waals surface area contributed by atoms with Gasteiger partial charge in [0.1, 0.15) is 11.8 Å². The molecule has 0 atom stereocenters. The first-order valence-corrected chi connectivity index (χ1v) is 6.00. The largest absolute Gasteiger partial charge is 0.573 e. The van der Waals surface area contributed by atoms with Crippen molar-refractivity contribution in [3.05, 3.63) is 29.3 Å². The van der Waals surface area contributed by atoms with E-state index in [-0.39, 0.29) is 11.5 Å². The average Bonchev–Trinajstić information content (AvgIpc) is 2.38. The van der Waals surface area contributed by atoms with Crippen molar-refractivity contribution in [2.24, 2.45) is 0 Å². The van der Waals surface area contributed by atoms with Crippen LogP contribution in [0, 0.1) is 11.3 Å². The summed E-state index contributed by atoms with van der Waals surface area (Å²) in [5.74, 6) is -0.199. The molecule has 0 saturated carbocycles. The normalized spacial score (nSPS) is 16.9. The Hall–Kier alpha value is -1.74. The van der Waals surface area contributed by atoms with Gasteiger partial charge in [-0.25, -0.2) is 0 Å². The van der Waals surface area contributed by atoms with E-state index < -0.39 is 12.1 Å². The molecule has 1 N–H and O–H groups in total. The van der Waals surface area contributed by atoms with Crippen molar-refractivity contribution in [2.75, 3.05) is 13.1 Å². The Kier molecular flexibility index (Phi) is 3.96. The first kappa shape index (κ1) is 13.7. The fourth-order valence-corrected chi connectivity index (χ4v) is 2.25. The number of rotatable bonds is 2. The molecule has 0 bridgehead atoms. The molecule has 1 heterocycles. The summed E-state index contributed by atoms with van der Waals surface area (Å²) in [7, 11) is 0. The average molecular weight is 270 g/mol. The molecule has 2 rings (SSSR count). The van der Waals surface area contributed by atoms with Crippen LogP contribution in [0.25, 0.3) is 0 Å². The summed E-state index contributed by atoms with van der Waals surface area (Å²) >= 11 is 0. The number of ether oxygens (including phenoxy) is 1. The highest BCUT2D eigenvalue weighted by Crippen LogP contribution is 2.32. The zero-order valence-corrected chi connectivity index (χ0v) is 10.1. The summed E-state index contributed by atoms with van der Waals surface area (Å²) in [4.78, 5) is 0. The topological polar surface area (TPSA) is 45.0 Å². The molecule has 1 fully saturated rings. The maximum Gasteiger partial charge on any atom is 0.573 e. The summed E-state index contributed by atoms with van der Waals surface area (Å²) in [5.41, 5.74) is 0.690. The highest BCUT2D eigenvalue weighted by atomic mass is 19.4. The summed E-state index contributed by atoms with van der Waals surface area (Å²) in [6, 6.07) is 6.14. The van der Waals surface area contributed by atoms with E-state index in [4.69, 9.17) is 5.26 Å². The Morgan fingerprint density at radius 2 is 1.95 bits per heavy atom. The van der Waals surface area contributed by atoms with Crippen LogP contribution in [-0.4, -0.2) is 19.5 Å². The second-order valence-corrected chi connectivity index (χ2v) is 4.44. The van der Waals surface area contributed by atoms with Crippen LogP contribution in [0.5, 0.6) is 5.75 Å². The van der Waals surface area contributed by atoms with Crippen LogP contribution >= 0.6 is 0 Å². The molecule has 0 radical (unpaired) electrons. The minimum atomic E-state index is -4.78. The first-order chi connectivity index (χ1) is 8.99. The molecule has 1 aromatic rings. The van der Waals surface area contributed by atoms with Crippen molar-refractivity contribution < 1.29 is 17.9 Å². The molecule has 1 aliphatic rings. The highest BCUT2D eigenvalue weighted by Gasteiger charge is 2.32. The van der Waals surface area contributed by atoms with Crippen LogP contribution in [0.1, 0.15) is 29.9 Å². The van der Waals surface area contributed by atoms with Gasteiger partial charge in [0.15, 0.2) is 0 Å². The van der Waals surface area contributed by atoms with Crippen LogP contribution in [0.3, 0.4) is 0 Å². The number of alkyl halides is 3. The van der Waals surface area contributed by atoms with Crippen molar-refractivity contribution in [3.8, 4) is 11.8 Å². The van der Waals surface area contributed by atoms with Crippen LogP contribution in [0.15, 0.2) is 18.2 Å². The van der Waals surface area contributed by atoms with Gasteiger partial charge in [-0.2, -0.15) is 5.26 Å². The number of hydrogen-bond donors (Lipinski definition) is 1. The van der Waals surface area contributed by atoms with Crippen molar-refractivity contribution in [2.45, 2.75) is 25.1 Å². The molecular weight excluding hydrogens is 257 g/mol. The third kappa shape index (κ3) is 3.61. The van der Waals surface area contributed by atoms with Gasteiger partial charge in [-0.3, -0.25) is 0 Å². The number of nitriles is 1. The maximum atomic E-state index is 12.3. The third-order valence-corrected chi connectivity index (χ3v) is 3.16. The monoisotopic (exact) mass is 270 g/mol. The lowest BCUT2D eigenvalue weighted by molar-refractivity contribution is -0.274. The minimum absolute atomic E-state index is 0.102. The Labute approximate surface area is 109 Å². The lowest BCUT2D eigenvalue weighted by Crippen LogP contribution is -2.26. The van der Waals surface area contributed by atoms with E-state index in [2.05, 4.69) is 10.1 Å². The van der Waals surface area contributed by atoms with Crippen molar-refractivity contribution >= 4 is 0 Å². The van der Waals surface area contributed by atoms with Crippen LogP contribution in [-0.2, 0) is 0 Å². The first-order valence-electron chi connectivity index (χ1n) is 6.00. The number of nitrogens with one attached hydrogen (secondary N) is 1. The predicted molar refractivity (Wildman–Crippen MR) is 62.7 cm³/mol. The SMILES string of the molecule is N#Cc1ccc(C2CCNCC2)cc1OC(F)(F)F. The molecule has 0 spiro atoms. The van der Waals surface area contributed by atoms with Gasteiger partial charge in [-0.1, -0.05) is 6.07 Å². The molecule has 102 valence electrons. The Bertz CT molecular complexity index is 488. The third-order valence-electron chi connectivity index (χ3n) is 3.16. The van der Waals surface area contributed by atoms with E-state index in [1.165, 1.54) is 12.1 Å². The van der Waals surface area contributed by atoms with E-state index in [9.17, 15) is 13.2 Å². The molecule has 6 heteroatoms. The summed E-state index contributed by atoms with van der Waals surface area (Å²) in [6.45, 7) is 1.69. The molecule has 3 nitrogen and oxygen atoms in total. The highest BCUT2D eigenvalue weighted by molar-refractivity contribution is 5.46. The number of piperidine rings is 1. The van der Waals surface area contributed by atoms with Crippen molar-refractivity contribution in [3.63, 3.8) is 0 Å². The van der Waals surface area contributed by atoms with Crippen LogP contribution in [0.2, 0.25) is 0 Å². The number of nitrogens with zero attached hydrogens (tertiary/aromatic N) is 1. The number of halogens is 3. The number of benzene rings is 1. The van der Waals surface area contributed by atoms with Crippen LogP contribution in [0.4, 0.5) is 13.2 Å². The quantitative estimate of drug-likeness (QED) is 0.898. The lowest BCUT2D eigenvalue weighted by Gasteiger charge is -2.23. The fraction of sp³-hybridized carbons (Fsp3) is 0.462. The van der Waals surface area contributed by atoms with Gasteiger partial charge in [0.05, 0.1) is 5.56 Å². The van der Waals surface area contributed by atoms with Gasteiger partial charge in [-0.05, 0) is 49.5 Å². The van der Waals surface area contributed by atoms with Gasteiger partial charge in [0.25, 0.3) is 0 Å². The van der Waals surface area contributed by atoms with Crippen molar-refractivity contribution in [1.29, 1.82) is 5.26 Å². The maximum absolute atomic E-state index is 12.3. The van der Waals surface area contributed by atoms with Crippen molar-refractivity contribution in [1.82, 2.24) is 5.32 Å². The Morgan fingerprint density at radius 3 is 2.53 bits per heavy atom. The molecule has 0 unspecified atom stereocenters. The molecule has 0 amide bonds. The fourth-order valence-electron chi connectivity index (χ4n) is 2.25. The molecule has 0 aliphatic carbocycles. The standard InChI is InChI=1S/C13H13F3N2O/c14-13(15,16)19-12-7-10(1-2-11(12)8-17)9-3-5-18-6-4-9/h1-2,7,9,18H,3-6H2. The Balaban J connectivity index is 2.27. The summed E-state index contributed by atoms with van der Waals surface area (Å²) < 4.78 is 40.8. The van der Waals surface area contributed by atoms with Gasteiger partial charge in [0.2, 0.25) is 0 Å². The van der Waals surface area contributed by atoms with E-state index >= 15 is 0 Å². The molecule has 19 heavy (non-hydrogen) atoms. The van der Waals surface area contributed by atoms with Gasteiger partial charge in [-0.15, -0.1) is 13.2 Å². The Morgan fingerprint density at radius 1 is 1.26 bits per heavy atom. The summed E-state index contributed by atoms with van der Waals surface area (Å²) in [5, 5.41) is 12.0. The lowest BCUT2D eigenvalue weighted by atomic mass is 9.89. The summed E-state index contributed by atoms with van der Waals surface area (Å²) in [6.07, 6.45) is -3.03. The van der Waals surface area contributed by atoms with E-state index in [1.54, 1.807) is 12.1 Å². The number of hydrogen-bond acceptors (Lipinski definition) is 3. The smallest absolute Gasteiger partial charge is 0.404 e.